The number of carboxylic acid groups (broad SMARTS) is 1. The van der Waals surface area contributed by atoms with Gasteiger partial charge in [0, 0.05) is 12.8 Å². The molecule has 0 rings (SSSR count). The Hall–Kier alpha value is -3.27. The van der Waals surface area contributed by atoms with E-state index in [1.807, 2.05) is 21.1 Å². The lowest BCUT2D eigenvalue weighted by Gasteiger charge is -2.26. The average Bonchev–Trinajstić information content (AvgIpc) is 3.46. The third kappa shape index (κ3) is 66.1. The van der Waals surface area contributed by atoms with Gasteiger partial charge >= 0.3 is 11.9 Å². The number of aliphatic carboxylic acids is 1. The van der Waals surface area contributed by atoms with Gasteiger partial charge in [-0.3, -0.25) is 9.59 Å². The van der Waals surface area contributed by atoms with Crippen LogP contribution in [0.25, 0.3) is 0 Å². The van der Waals surface area contributed by atoms with Crippen molar-refractivity contribution in [1.29, 1.82) is 0 Å². The molecule has 0 radical (unpaired) electrons. The van der Waals surface area contributed by atoms with Gasteiger partial charge in [-0.15, -0.1) is 0 Å². The molecule has 0 aromatic rings. The molecule has 83 heavy (non-hydrogen) atoms. The molecule has 2 atom stereocenters. The predicted molar refractivity (Wildman–Crippen MR) is 352 cm³/mol. The predicted octanol–water partition coefficient (Wildman–Crippen LogP) is 20.4. The first kappa shape index (κ1) is 79.7. The van der Waals surface area contributed by atoms with Gasteiger partial charge in [-0.25, -0.2) is 0 Å². The molecule has 2 unspecified atom stereocenters. The SMILES string of the molecule is CCCCCCC/C=C\C/C=C\C/C=C\CCCCCCCCCCCCCCCCCCCCCCCCC(=O)OC(COC(=O)CCCCCCCC/C=C\C/C=C\C/C=C\CCCCCCC)COC(OCC[N+](C)(C)C)C(=O)[O-]. The molecule has 9 nitrogen and oxygen atoms in total. The largest absolute Gasteiger partial charge is 0.545 e. The second-order valence-corrected chi connectivity index (χ2v) is 24.8. The van der Waals surface area contributed by atoms with E-state index in [4.69, 9.17) is 18.9 Å². The molecule has 0 aliphatic heterocycles. The molecule has 0 heterocycles. The Morgan fingerprint density at radius 1 is 0.361 bits per heavy atom. The van der Waals surface area contributed by atoms with E-state index in [0.29, 0.717) is 17.4 Å². The van der Waals surface area contributed by atoms with Crippen LogP contribution in [-0.2, 0) is 33.3 Å². The van der Waals surface area contributed by atoms with Crippen molar-refractivity contribution in [3.05, 3.63) is 72.9 Å². The van der Waals surface area contributed by atoms with Crippen LogP contribution >= 0.6 is 0 Å². The summed E-state index contributed by atoms with van der Waals surface area (Å²) in [7, 11) is 5.93. The van der Waals surface area contributed by atoms with Crippen molar-refractivity contribution in [2.45, 2.75) is 334 Å². The summed E-state index contributed by atoms with van der Waals surface area (Å²) in [6.07, 6.45) is 82.8. The third-order valence-corrected chi connectivity index (χ3v) is 15.4. The van der Waals surface area contributed by atoms with Crippen LogP contribution in [0, 0.1) is 0 Å². The molecule has 0 bridgehead atoms. The van der Waals surface area contributed by atoms with Crippen LogP contribution in [0.15, 0.2) is 72.9 Å². The van der Waals surface area contributed by atoms with Crippen LogP contribution in [0.2, 0.25) is 0 Å². The van der Waals surface area contributed by atoms with E-state index < -0.39 is 24.3 Å². The number of likely N-dealkylation sites (N-methyl/N-ethyl adjacent to an activating group) is 1. The molecule has 0 saturated heterocycles. The van der Waals surface area contributed by atoms with E-state index in [0.717, 1.165) is 70.6 Å². The highest BCUT2D eigenvalue weighted by molar-refractivity contribution is 5.70. The second-order valence-electron chi connectivity index (χ2n) is 24.8. The number of unbranched alkanes of at least 4 members (excludes halogenated alkanes) is 38. The van der Waals surface area contributed by atoms with Crippen LogP contribution in [0.1, 0.15) is 322 Å². The maximum Gasteiger partial charge on any atom is 0.306 e. The molecule has 0 N–H and O–H groups in total. The van der Waals surface area contributed by atoms with Crippen molar-refractivity contribution in [1.82, 2.24) is 0 Å². The number of hydrogen-bond donors (Lipinski definition) is 0. The molecule has 482 valence electrons. The summed E-state index contributed by atoms with van der Waals surface area (Å²) in [5.41, 5.74) is 0. The van der Waals surface area contributed by atoms with Gasteiger partial charge in [-0.05, 0) is 89.9 Å². The minimum absolute atomic E-state index is 0.145. The minimum Gasteiger partial charge on any atom is -0.545 e. The number of carbonyl (C=O) groups is 3. The number of nitrogens with zero attached hydrogens (tertiary/aromatic N) is 1. The highest BCUT2D eigenvalue weighted by Crippen LogP contribution is 2.18. The number of ether oxygens (including phenoxy) is 4. The monoisotopic (exact) mass is 1160 g/mol. The lowest BCUT2D eigenvalue weighted by molar-refractivity contribution is -0.870. The maximum atomic E-state index is 12.9. The molecule has 0 amide bonds. The first-order valence-corrected chi connectivity index (χ1v) is 35.1. The van der Waals surface area contributed by atoms with Crippen LogP contribution in [0.3, 0.4) is 0 Å². The van der Waals surface area contributed by atoms with Crippen molar-refractivity contribution in [2.24, 2.45) is 0 Å². The highest BCUT2D eigenvalue weighted by Gasteiger charge is 2.22. The fourth-order valence-corrected chi connectivity index (χ4v) is 10.0. The quantitative estimate of drug-likeness (QED) is 0.0195. The molecule has 0 spiro atoms. The summed E-state index contributed by atoms with van der Waals surface area (Å²) in [5.74, 6) is -2.29. The summed E-state index contributed by atoms with van der Waals surface area (Å²) < 4.78 is 22.8. The Bertz CT molecular complexity index is 1590. The van der Waals surface area contributed by atoms with Gasteiger partial charge in [0.1, 0.15) is 13.2 Å². The lowest BCUT2D eigenvalue weighted by atomic mass is 10.0. The van der Waals surface area contributed by atoms with E-state index in [2.05, 4.69) is 86.8 Å². The van der Waals surface area contributed by atoms with Gasteiger partial charge in [0.15, 0.2) is 12.4 Å². The Labute approximate surface area is 513 Å². The van der Waals surface area contributed by atoms with E-state index in [9.17, 15) is 19.5 Å². The Kier molecular flexibility index (Phi) is 62.2. The van der Waals surface area contributed by atoms with Gasteiger partial charge < -0.3 is 33.3 Å². The van der Waals surface area contributed by atoms with Gasteiger partial charge in [0.25, 0.3) is 0 Å². The van der Waals surface area contributed by atoms with Gasteiger partial charge in [0.05, 0.1) is 40.3 Å². The summed E-state index contributed by atoms with van der Waals surface area (Å²) in [5, 5.41) is 11.8. The summed E-state index contributed by atoms with van der Waals surface area (Å²) in [4.78, 5) is 37.4. The van der Waals surface area contributed by atoms with Crippen molar-refractivity contribution < 1.29 is 42.9 Å². The zero-order chi connectivity index (χ0) is 60.5. The number of carbonyl (C=O) groups excluding carboxylic acids is 3. The number of rotatable bonds is 65. The Morgan fingerprint density at radius 3 is 0.964 bits per heavy atom. The number of esters is 2. The normalized spacial score (nSPS) is 13.1. The van der Waals surface area contributed by atoms with Crippen molar-refractivity contribution >= 4 is 17.9 Å². The van der Waals surface area contributed by atoms with Gasteiger partial charge in [-0.1, -0.05) is 292 Å². The average molecular weight is 1160 g/mol. The molecule has 0 aromatic heterocycles. The molecule has 0 saturated carbocycles. The van der Waals surface area contributed by atoms with Gasteiger partial charge in [-0.2, -0.15) is 0 Å². The standard InChI is InChI=1S/C74H133NO8/c1-6-8-10-12-14-16-18-20-22-24-26-28-29-30-31-32-33-34-35-36-37-38-39-40-41-42-43-45-47-49-51-53-55-57-59-61-63-65-72(77)83-70(69-82-74(73(78)79)80-67-66-75(3,4)5)68-81-71(76)64-62-60-58-56-54-52-50-48-46-44-27-25-23-21-19-17-15-13-11-9-7-2/h18-21,24-27,29-30,46,48,70,74H,6-17,22-23,28,31-45,47,49-69H2,1-5H3/b20-18-,21-19-,26-24-,27-25-,30-29-,48-46-. The zero-order valence-electron chi connectivity index (χ0n) is 55.1. The van der Waals surface area contributed by atoms with Crippen molar-refractivity contribution in [3.63, 3.8) is 0 Å². The van der Waals surface area contributed by atoms with E-state index in [-0.39, 0.29) is 38.6 Å². The Morgan fingerprint density at radius 2 is 0.651 bits per heavy atom. The minimum atomic E-state index is -1.63. The fraction of sp³-hybridized carbons (Fsp3) is 0.797. The lowest BCUT2D eigenvalue weighted by Crippen LogP contribution is -2.44. The first-order chi connectivity index (χ1) is 40.6. The summed E-state index contributed by atoms with van der Waals surface area (Å²) >= 11 is 0. The van der Waals surface area contributed by atoms with Crippen LogP contribution < -0.4 is 5.11 Å². The van der Waals surface area contributed by atoms with E-state index >= 15 is 0 Å². The number of carboxylic acids is 1. The molecular weight excluding hydrogens is 1030 g/mol. The smallest absolute Gasteiger partial charge is 0.306 e. The third-order valence-electron chi connectivity index (χ3n) is 15.4. The molecule has 0 fully saturated rings. The summed E-state index contributed by atoms with van der Waals surface area (Å²) in [6, 6.07) is 0. The molecule has 0 aromatic carbocycles. The van der Waals surface area contributed by atoms with E-state index in [1.54, 1.807) is 0 Å². The topological polar surface area (TPSA) is 111 Å². The van der Waals surface area contributed by atoms with Crippen molar-refractivity contribution in [2.75, 3.05) is 47.5 Å². The van der Waals surface area contributed by atoms with E-state index in [1.165, 1.54) is 218 Å². The molecule has 0 aliphatic carbocycles. The van der Waals surface area contributed by atoms with Gasteiger partial charge in [0.2, 0.25) is 0 Å². The summed E-state index contributed by atoms with van der Waals surface area (Å²) in [6.45, 7) is 4.74. The maximum absolute atomic E-state index is 12.9. The molecular formula is C74H133NO8. The Balaban J connectivity index is 4.05. The second kappa shape index (κ2) is 64.7. The highest BCUT2D eigenvalue weighted by atomic mass is 16.7. The first-order valence-electron chi connectivity index (χ1n) is 35.1. The number of quaternary nitrogens is 1. The number of allylic oxidation sites excluding steroid dienone is 12. The van der Waals surface area contributed by atoms with Crippen LogP contribution in [0.4, 0.5) is 0 Å². The molecule has 0 aliphatic rings. The zero-order valence-corrected chi connectivity index (χ0v) is 55.1. The fourth-order valence-electron chi connectivity index (χ4n) is 10.0. The van der Waals surface area contributed by atoms with Crippen LogP contribution in [0.5, 0.6) is 0 Å². The molecule has 9 heteroatoms. The van der Waals surface area contributed by atoms with Crippen molar-refractivity contribution in [3.8, 4) is 0 Å². The van der Waals surface area contributed by atoms with Crippen LogP contribution in [-0.4, -0.2) is 82.3 Å². The number of hydrogen-bond acceptors (Lipinski definition) is 8.